The van der Waals surface area contributed by atoms with Gasteiger partial charge >= 0.3 is 0 Å². The second-order valence-electron chi connectivity index (χ2n) is 4.45. The normalized spacial score (nSPS) is 10.6. The van der Waals surface area contributed by atoms with E-state index in [1.54, 1.807) is 12.1 Å². The number of H-pyrrole nitrogens is 1. The molecule has 0 saturated carbocycles. The molecule has 0 bridgehead atoms. The largest absolute Gasteiger partial charge is 0.338 e. The maximum Gasteiger partial charge on any atom is 0.144 e. The predicted octanol–water partition coefficient (Wildman–Crippen LogP) is 5.37. The van der Waals surface area contributed by atoms with Crippen LogP contribution in [0.4, 0.5) is 4.39 Å². The Morgan fingerprint density at radius 2 is 1.62 bits per heavy atom. The monoisotopic (exact) mass is 360 g/mol. The van der Waals surface area contributed by atoms with Crippen LogP contribution < -0.4 is 0 Å². The average molecular weight is 361 g/mol. The van der Waals surface area contributed by atoms with Crippen molar-refractivity contribution in [3.63, 3.8) is 0 Å². The second-order valence-corrected chi connectivity index (χ2v) is 5.63. The van der Waals surface area contributed by atoms with E-state index in [0.717, 1.165) is 21.3 Å². The van der Waals surface area contributed by atoms with Crippen LogP contribution in [0.15, 0.2) is 59.1 Å². The van der Waals surface area contributed by atoms with E-state index in [9.17, 15) is 4.39 Å². The minimum Gasteiger partial charge on any atom is -0.338 e. The number of nitrogens with one attached hydrogen (secondary N) is 1. The molecular formula is C16H10BrFN2S. The maximum absolute atomic E-state index is 13.0. The van der Waals surface area contributed by atoms with Gasteiger partial charge in [0.05, 0.1) is 10.2 Å². The van der Waals surface area contributed by atoms with Crippen molar-refractivity contribution in [1.82, 2.24) is 9.97 Å². The number of hydrogen-bond donors (Lipinski definition) is 1. The van der Waals surface area contributed by atoms with Gasteiger partial charge in [-0.15, -0.1) is 0 Å². The molecule has 5 heteroatoms. The van der Waals surface area contributed by atoms with E-state index in [1.165, 1.54) is 12.1 Å². The average Bonchev–Trinajstić information content (AvgIpc) is 2.51. The highest BCUT2D eigenvalue weighted by Crippen LogP contribution is 2.29. The summed E-state index contributed by atoms with van der Waals surface area (Å²) in [5.41, 5.74) is 2.64. The highest BCUT2D eigenvalue weighted by Gasteiger charge is 2.09. The van der Waals surface area contributed by atoms with Crippen molar-refractivity contribution >= 4 is 28.1 Å². The predicted molar refractivity (Wildman–Crippen MR) is 88.0 cm³/mol. The smallest absolute Gasteiger partial charge is 0.144 e. The third kappa shape index (κ3) is 2.94. The first-order valence-corrected chi connectivity index (χ1v) is 7.46. The Kier molecular flexibility index (Phi) is 3.94. The van der Waals surface area contributed by atoms with Gasteiger partial charge in [0.1, 0.15) is 16.3 Å². The van der Waals surface area contributed by atoms with Gasteiger partial charge in [-0.05, 0) is 45.8 Å². The van der Waals surface area contributed by atoms with Gasteiger partial charge in [0.15, 0.2) is 0 Å². The Morgan fingerprint density at radius 3 is 2.29 bits per heavy atom. The van der Waals surface area contributed by atoms with Crippen LogP contribution in [-0.2, 0) is 0 Å². The number of benzene rings is 2. The number of nitrogens with zero attached hydrogens (tertiary/aromatic N) is 1. The summed E-state index contributed by atoms with van der Waals surface area (Å²) in [6.07, 6.45) is 0. The van der Waals surface area contributed by atoms with Gasteiger partial charge < -0.3 is 4.98 Å². The van der Waals surface area contributed by atoms with Crippen LogP contribution in [0.25, 0.3) is 22.6 Å². The third-order valence-corrected chi connectivity index (χ3v) is 4.37. The molecule has 1 N–H and O–H groups in total. The topological polar surface area (TPSA) is 28.7 Å². The van der Waals surface area contributed by atoms with E-state index < -0.39 is 0 Å². The Labute approximate surface area is 134 Å². The van der Waals surface area contributed by atoms with Gasteiger partial charge in [0, 0.05) is 5.56 Å². The second kappa shape index (κ2) is 5.87. The molecular weight excluding hydrogens is 351 g/mol. The van der Waals surface area contributed by atoms with Crippen LogP contribution in [0.1, 0.15) is 0 Å². The summed E-state index contributed by atoms with van der Waals surface area (Å²) in [5, 5.41) is 0. The molecule has 0 spiro atoms. The van der Waals surface area contributed by atoms with Crippen molar-refractivity contribution in [3.05, 3.63) is 69.5 Å². The zero-order valence-corrected chi connectivity index (χ0v) is 13.2. The summed E-state index contributed by atoms with van der Waals surface area (Å²) >= 11 is 8.78. The van der Waals surface area contributed by atoms with E-state index in [2.05, 4.69) is 25.9 Å². The Balaban J connectivity index is 2.19. The first kappa shape index (κ1) is 14.1. The minimum absolute atomic E-state index is 0.280. The molecule has 104 valence electrons. The maximum atomic E-state index is 13.0. The van der Waals surface area contributed by atoms with E-state index in [4.69, 9.17) is 12.2 Å². The fraction of sp³-hybridized carbons (Fsp3) is 0. The first-order chi connectivity index (χ1) is 10.1. The van der Waals surface area contributed by atoms with Crippen LogP contribution in [-0.4, -0.2) is 9.97 Å². The minimum atomic E-state index is -0.280. The first-order valence-electron chi connectivity index (χ1n) is 6.26. The molecule has 0 radical (unpaired) electrons. The molecule has 0 fully saturated rings. The molecule has 1 aromatic heterocycles. The van der Waals surface area contributed by atoms with Crippen LogP contribution in [0.3, 0.4) is 0 Å². The number of halogens is 2. The van der Waals surface area contributed by atoms with Crippen molar-refractivity contribution in [3.8, 4) is 22.6 Å². The number of hydrogen-bond acceptors (Lipinski definition) is 2. The highest BCUT2D eigenvalue weighted by atomic mass is 79.9. The van der Waals surface area contributed by atoms with E-state index >= 15 is 0 Å². The van der Waals surface area contributed by atoms with E-state index in [1.807, 2.05) is 30.3 Å². The lowest BCUT2D eigenvalue weighted by Gasteiger charge is -2.09. The van der Waals surface area contributed by atoms with Crippen LogP contribution >= 0.6 is 28.1 Å². The van der Waals surface area contributed by atoms with Crippen molar-refractivity contribution in [1.29, 1.82) is 0 Å². The lowest BCUT2D eigenvalue weighted by molar-refractivity contribution is 0.628. The van der Waals surface area contributed by atoms with Crippen molar-refractivity contribution < 1.29 is 4.39 Å². The Bertz CT molecular complexity index is 829. The molecule has 3 aromatic rings. The van der Waals surface area contributed by atoms with E-state index in [-0.39, 0.29) is 5.82 Å². The number of aromatic nitrogens is 2. The lowest BCUT2D eigenvalue weighted by Crippen LogP contribution is -1.95. The fourth-order valence-electron chi connectivity index (χ4n) is 2.01. The molecule has 0 aliphatic heterocycles. The zero-order valence-electron chi connectivity index (χ0n) is 10.8. The summed E-state index contributed by atoms with van der Waals surface area (Å²) in [6.45, 7) is 0. The summed E-state index contributed by atoms with van der Waals surface area (Å²) in [4.78, 5) is 7.61. The molecule has 0 aliphatic carbocycles. The van der Waals surface area contributed by atoms with Gasteiger partial charge in [-0.3, -0.25) is 0 Å². The third-order valence-electron chi connectivity index (χ3n) is 3.04. The molecule has 2 aromatic carbocycles. The molecule has 3 rings (SSSR count). The number of aromatic amines is 1. The quantitative estimate of drug-likeness (QED) is 0.622. The molecule has 0 aliphatic rings. The Hall–Kier alpha value is -1.85. The summed E-state index contributed by atoms with van der Waals surface area (Å²) < 4.78 is 14.2. The highest BCUT2D eigenvalue weighted by molar-refractivity contribution is 9.10. The summed E-state index contributed by atoms with van der Waals surface area (Å²) in [6, 6.07) is 16.0. The van der Waals surface area contributed by atoms with E-state index in [0.29, 0.717) is 10.5 Å². The molecule has 0 unspecified atom stereocenters. The summed E-state index contributed by atoms with van der Waals surface area (Å²) in [7, 11) is 0. The SMILES string of the molecule is Fc1ccc(-c2nc(=S)c(Br)c(-c3ccccc3)[nH]2)cc1. The summed E-state index contributed by atoms with van der Waals surface area (Å²) in [5.74, 6) is 0.333. The van der Waals surface area contributed by atoms with Crippen LogP contribution in [0.5, 0.6) is 0 Å². The van der Waals surface area contributed by atoms with Crippen molar-refractivity contribution in [2.24, 2.45) is 0 Å². The zero-order chi connectivity index (χ0) is 14.8. The Morgan fingerprint density at radius 1 is 0.952 bits per heavy atom. The molecule has 0 saturated heterocycles. The van der Waals surface area contributed by atoms with Gasteiger partial charge in [0.25, 0.3) is 0 Å². The van der Waals surface area contributed by atoms with Crippen molar-refractivity contribution in [2.75, 3.05) is 0 Å². The van der Waals surface area contributed by atoms with Gasteiger partial charge in [0.2, 0.25) is 0 Å². The standard InChI is InChI=1S/C16H10BrFN2S/c17-13-14(10-4-2-1-3-5-10)19-15(20-16(13)21)11-6-8-12(18)9-7-11/h1-9H,(H,19,20,21). The molecule has 2 nitrogen and oxygen atoms in total. The van der Waals surface area contributed by atoms with Crippen LogP contribution in [0.2, 0.25) is 0 Å². The number of rotatable bonds is 2. The lowest BCUT2D eigenvalue weighted by atomic mass is 10.1. The van der Waals surface area contributed by atoms with Crippen molar-refractivity contribution in [2.45, 2.75) is 0 Å². The van der Waals surface area contributed by atoms with Crippen LogP contribution in [0, 0.1) is 10.5 Å². The van der Waals surface area contributed by atoms with Gasteiger partial charge in [-0.25, -0.2) is 9.37 Å². The van der Waals surface area contributed by atoms with Gasteiger partial charge in [-0.1, -0.05) is 42.5 Å². The molecule has 21 heavy (non-hydrogen) atoms. The molecule has 0 atom stereocenters. The fourth-order valence-corrected chi connectivity index (χ4v) is 2.62. The molecule has 0 amide bonds. The van der Waals surface area contributed by atoms with Gasteiger partial charge in [-0.2, -0.15) is 0 Å². The molecule has 1 heterocycles.